The van der Waals surface area contributed by atoms with Gasteiger partial charge in [0.25, 0.3) is 5.91 Å². The molecule has 0 saturated carbocycles. The Morgan fingerprint density at radius 2 is 2.17 bits per heavy atom. The first-order valence-electron chi connectivity index (χ1n) is 7.83. The molecule has 124 valence electrons. The van der Waals surface area contributed by atoms with E-state index in [-0.39, 0.29) is 18.1 Å². The Kier molecular flexibility index (Phi) is 3.53. The fraction of sp³-hybridized carbons (Fsp3) is 0.375. The maximum atomic E-state index is 12.6. The molecule has 1 N–H and O–H groups in total. The van der Waals surface area contributed by atoms with E-state index >= 15 is 0 Å². The highest BCUT2D eigenvalue weighted by Crippen LogP contribution is 2.29. The summed E-state index contributed by atoms with van der Waals surface area (Å²) in [5.41, 5.74) is 3.13. The fourth-order valence-corrected chi connectivity index (χ4v) is 3.13. The number of carbonyl (C=O) groups excluding carboxylic acids is 1. The van der Waals surface area contributed by atoms with E-state index in [1.807, 2.05) is 26.2 Å². The van der Waals surface area contributed by atoms with Crippen LogP contribution in [0.5, 0.6) is 0 Å². The summed E-state index contributed by atoms with van der Waals surface area (Å²) in [5.74, 6) is -0.134. The molecular formula is C16H18N6O2. The maximum Gasteiger partial charge on any atom is 0.251 e. The van der Waals surface area contributed by atoms with Gasteiger partial charge in [0.1, 0.15) is 11.6 Å². The highest BCUT2D eigenvalue weighted by Gasteiger charge is 2.33. The van der Waals surface area contributed by atoms with Crippen LogP contribution in [0.15, 0.2) is 30.5 Å². The lowest BCUT2D eigenvalue weighted by Gasteiger charge is -2.20. The largest absolute Gasteiger partial charge is 0.370 e. The molecule has 4 rings (SSSR count). The standard InChI is InChI=1S/C16H18N6O2/c1-21-14(5-7-17-21)15-11(6-8-24-15)18-16(23)10-3-4-13-12(9-10)19-20-22(13)2/h3-5,7,9,11,15H,6,8H2,1-2H3,(H,18,23)/t11-,15-/m0/s1. The second-order valence-electron chi connectivity index (χ2n) is 5.96. The normalized spacial score (nSPS) is 20.6. The fourth-order valence-electron chi connectivity index (χ4n) is 3.13. The predicted molar refractivity (Wildman–Crippen MR) is 86.3 cm³/mol. The third kappa shape index (κ3) is 2.44. The predicted octanol–water partition coefficient (Wildman–Crippen LogP) is 0.962. The summed E-state index contributed by atoms with van der Waals surface area (Å²) < 4.78 is 9.26. The highest BCUT2D eigenvalue weighted by molar-refractivity contribution is 5.97. The zero-order chi connectivity index (χ0) is 16.7. The minimum absolute atomic E-state index is 0.0783. The number of benzene rings is 1. The van der Waals surface area contributed by atoms with Crippen LogP contribution in [0.2, 0.25) is 0 Å². The number of aromatic nitrogens is 5. The third-order valence-corrected chi connectivity index (χ3v) is 4.43. The van der Waals surface area contributed by atoms with Gasteiger partial charge in [0.2, 0.25) is 0 Å². The Hall–Kier alpha value is -2.74. The number of nitrogens with zero attached hydrogens (tertiary/aromatic N) is 5. The smallest absolute Gasteiger partial charge is 0.251 e. The minimum Gasteiger partial charge on any atom is -0.370 e. The molecule has 1 aromatic carbocycles. The molecule has 8 nitrogen and oxygen atoms in total. The van der Waals surface area contributed by atoms with Crippen molar-refractivity contribution in [2.75, 3.05) is 6.61 Å². The van der Waals surface area contributed by atoms with Gasteiger partial charge >= 0.3 is 0 Å². The highest BCUT2D eigenvalue weighted by atomic mass is 16.5. The average Bonchev–Trinajstić information content (AvgIpc) is 3.28. The molecule has 1 saturated heterocycles. The van der Waals surface area contributed by atoms with Gasteiger partial charge in [0.15, 0.2) is 0 Å². The van der Waals surface area contributed by atoms with Crippen LogP contribution in [0.4, 0.5) is 0 Å². The summed E-state index contributed by atoms with van der Waals surface area (Å²) in [6.07, 6.45) is 2.33. The van der Waals surface area contributed by atoms with Crippen LogP contribution in [0, 0.1) is 0 Å². The zero-order valence-electron chi connectivity index (χ0n) is 13.5. The van der Waals surface area contributed by atoms with Crippen molar-refractivity contribution in [3.63, 3.8) is 0 Å². The van der Waals surface area contributed by atoms with E-state index < -0.39 is 0 Å². The Labute approximate surface area is 138 Å². The van der Waals surface area contributed by atoms with Crippen molar-refractivity contribution in [2.45, 2.75) is 18.6 Å². The maximum absolute atomic E-state index is 12.6. The summed E-state index contributed by atoms with van der Waals surface area (Å²) in [5, 5.41) is 15.3. The molecule has 2 atom stereocenters. The van der Waals surface area contributed by atoms with Crippen LogP contribution in [-0.4, -0.2) is 43.3 Å². The van der Waals surface area contributed by atoms with E-state index in [0.29, 0.717) is 17.7 Å². The lowest BCUT2D eigenvalue weighted by Crippen LogP contribution is -2.37. The quantitative estimate of drug-likeness (QED) is 0.775. The number of ether oxygens (including phenoxy) is 1. The van der Waals surface area contributed by atoms with Crippen molar-refractivity contribution in [3.8, 4) is 0 Å². The summed E-state index contributed by atoms with van der Waals surface area (Å²) in [6.45, 7) is 0.615. The first kappa shape index (κ1) is 14.8. The summed E-state index contributed by atoms with van der Waals surface area (Å²) in [6, 6.07) is 7.24. The van der Waals surface area contributed by atoms with Crippen LogP contribution in [-0.2, 0) is 18.8 Å². The molecule has 0 unspecified atom stereocenters. The van der Waals surface area contributed by atoms with Gasteiger partial charge in [-0.15, -0.1) is 5.10 Å². The molecule has 0 bridgehead atoms. The van der Waals surface area contributed by atoms with Crippen LogP contribution >= 0.6 is 0 Å². The van der Waals surface area contributed by atoms with Crippen molar-refractivity contribution in [3.05, 3.63) is 41.7 Å². The molecule has 0 aliphatic carbocycles. The molecule has 24 heavy (non-hydrogen) atoms. The van der Waals surface area contributed by atoms with Crippen LogP contribution in [0.1, 0.15) is 28.6 Å². The molecular weight excluding hydrogens is 308 g/mol. The average molecular weight is 326 g/mol. The van der Waals surface area contributed by atoms with E-state index in [0.717, 1.165) is 17.6 Å². The number of carbonyl (C=O) groups is 1. The number of amides is 1. The zero-order valence-corrected chi connectivity index (χ0v) is 13.5. The molecule has 2 aromatic heterocycles. The van der Waals surface area contributed by atoms with Gasteiger partial charge in [-0.1, -0.05) is 5.21 Å². The van der Waals surface area contributed by atoms with Crippen molar-refractivity contribution in [1.29, 1.82) is 0 Å². The van der Waals surface area contributed by atoms with E-state index in [4.69, 9.17) is 4.74 Å². The molecule has 0 spiro atoms. The molecule has 0 radical (unpaired) electrons. The van der Waals surface area contributed by atoms with Crippen LogP contribution in [0.3, 0.4) is 0 Å². The van der Waals surface area contributed by atoms with Gasteiger partial charge in [0.05, 0.1) is 17.3 Å². The minimum atomic E-state index is -0.179. The Morgan fingerprint density at radius 1 is 1.29 bits per heavy atom. The molecule has 1 fully saturated rings. The second-order valence-corrected chi connectivity index (χ2v) is 5.96. The number of nitrogens with one attached hydrogen (secondary N) is 1. The first-order chi connectivity index (χ1) is 11.6. The lowest BCUT2D eigenvalue weighted by molar-refractivity contribution is 0.0792. The SMILES string of the molecule is Cn1nccc1[C@H]1OCC[C@@H]1NC(=O)c1ccc2c(c1)nnn2C. The molecule has 8 heteroatoms. The number of rotatable bonds is 3. The monoisotopic (exact) mass is 326 g/mol. The number of fused-ring (bicyclic) bond motifs is 1. The number of hydrogen-bond donors (Lipinski definition) is 1. The summed E-state index contributed by atoms with van der Waals surface area (Å²) >= 11 is 0. The molecule has 3 aromatic rings. The van der Waals surface area contributed by atoms with Crippen molar-refractivity contribution < 1.29 is 9.53 Å². The van der Waals surface area contributed by atoms with Crippen molar-refractivity contribution in [1.82, 2.24) is 30.1 Å². The lowest BCUT2D eigenvalue weighted by atomic mass is 10.1. The van der Waals surface area contributed by atoms with E-state index in [2.05, 4.69) is 20.7 Å². The molecule has 1 amide bonds. The van der Waals surface area contributed by atoms with Gasteiger partial charge in [-0.2, -0.15) is 5.10 Å². The van der Waals surface area contributed by atoms with Gasteiger partial charge in [-0.25, -0.2) is 4.68 Å². The third-order valence-electron chi connectivity index (χ3n) is 4.43. The van der Waals surface area contributed by atoms with Crippen LogP contribution < -0.4 is 5.32 Å². The van der Waals surface area contributed by atoms with Crippen LogP contribution in [0.25, 0.3) is 11.0 Å². The molecule has 3 heterocycles. The van der Waals surface area contributed by atoms with Gasteiger partial charge in [-0.05, 0) is 30.7 Å². The second kappa shape index (κ2) is 5.72. The Bertz CT molecular complexity index is 899. The summed E-state index contributed by atoms with van der Waals surface area (Å²) in [7, 11) is 3.70. The number of aryl methyl sites for hydroxylation is 2. The van der Waals surface area contributed by atoms with Gasteiger partial charge in [-0.3, -0.25) is 9.48 Å². The first-order valence-corrected chi connectivity index (χ1v) is 7.83. The van der Waals surface area contributed by atoms with E-state index in [1.54, 1.807) is 27.7 Å². The van der Waals surface area contributed by atoms with E-state index in [9.17, 15) is 4.79 Å². The molecule has 1 aliphatic heterocycles. The molecule has 1 aliphatic rings. The van der Waals surface area contributed by atoms with Gasteiger partial charge < -0.3 is 10.1 Å². The van der Waals surface area contributed by atoms with Gasteiger partial charge in [0, 0.05) is 32.5 Å². The van der Waals surface area contributed by atoms with Crippen molar-refractivity contribution >= 4 is 16.9 Å². The van der Waals surface area contributed by atoms with E-state index in [1.165, 1.54) is 0 Å². The van der Waals surface area contributed by atoms with Crippen molar-refractivity contribution in [2.24, 2.45) is 14.1 Å². The Morgan fingerprint density at radius 3 is 2.96 bits per heavy atom. The topological polar surface area (TPSA) is 86.9 Å². The Balaban J connectivity index is 1.55. The number of hydrogen-bond acceptors (Lipinski definition) is 5. The summed E-state index contributed by atoms with van der Waals surface area (Å²) in [4.78, 5) is 12.6.